The monoisotopic (exact) mass is 278 g/mol. The SMILES string of the molecule is CCCCOCC(=O)N1CCCC(C(C)N)C1.Cl. The first-order chi connectivity index (χ1) is 8.15. The summed E-state index contributed by atoms with van der Waals surface area (Å²) in [5.41, 5.74) is 5.90. The van der Waals surface area contributed by atoms with Crippen molar-refractivity contribution in [2.45, 2.75) is 45.6 Å². The van der Waals surface area contributed by atoms with Crippen LogP contribution in [0.2, 0.25) is 0 Å². The van der Waals surface area contributed by atoms with E-state index < -0.39 is 0 Å². The molecule has 0 spiro atoms. The highest BCUT2D eigenvalue weighted by molar-refractivity contribution is 5.85. The molecule has 0 bridgehead atoms. The van der Waals surface area contributed by atoms with Gasteiger partial charge in [0.1, 0.15) is 6.61 Å². The molecule has 2 N–H and O–H groups in total. The lowest BCUT2D eigenvalue weighted by Crippen LogP contribution is -2.46. The molecular weight excluding hydrogens is 252 g/mol. The molecule has 1 fully saturated rings. The summed E-state index contributed by atoms with van der Waals surface area (Å²) in [6.07, 6.45) is 4.32. The highest BCUT2D eigenvalue weighted by atomic mass is 35.5. The summed E-state index contributed by atoms with van der Waals surface area (Å²) in [6.45, 7) is 6.71. The Kier molecular flexibility index (Phi) is 9.42. The van der Waals surface area contributed by atoms with E-state index in [-0.39, 0.29) is 31.0 Å². The lowest BCUT2D eigenvalue weighted by atomic mass is 9.92. The number of hydrogen-bond donors (Lipinski definition) is 1. The summed E-state index contributed by atoms with van der Waals surface area (Å²) >= 11 is 0. The summed E-state index contributed by atoms with van der Waals surface area (Å²) in [4.78, 5) is 13.8. The van der Waals surface area contributed by atoms with Gasteiger partial charge in [-0.05, 0) is 32.1 Å². The van der Waals surface area contributed by atoms with Gasteiger partial charge in [-0.25, -0.2) is 0 Å². The summed E-state index contributed by atoms with van der Waals surface area (Å²) in [6, 6.07) is 0.173. The third-order valence-corrected chi connectivity index (χ3v) is 3.42. The Morgan fingerprint density at radius 3 is 2.89 bits per heavy atom. The minimum absolute atomic E-state index is 0. The van der Waals surface area contributed by atoms with Crippen LogP contribution < -0.4 is 5.73 Å². The Morgan fingerprint density at radius 1 is 1.56 bits per heavy atom. The van der Waals surface area contributed by atoms with E-state index in [9.17, 15) is 4.79 Å². The van der Waals surface area contributed by atoms with E-state index in [4.69, 9.17) is 10.5 Å². The molecule has 1 saturated heterocycles. The van der Waals surface area contributed by atoms with Crippen molar-refractivity contribution in [2.75, 3.05) is 26.3 Å². The van der Waals surface area contributed by atoms with Gasteiger partial charge >= 0.3 is 0 Å². The van der Waals surface area contributed by atoms with Gasteiger partial charge in [-0.15, -0.1) is 12.4 Å². The van der Waals surface area contributed by atoms with Crippen molar-refractivity contribution >= 4 is 18.3 Å². The molecular formula is C13H27ClN2O2. The second kappa shape index (κ2) is 9.59. The van der Waals surface area contributed by atoms with Crippen molar-refractivity contribution in [2.24, 2.45) is 11.7 Å². The topological polar surface area (TPSA) is 55.6 Å². The molecule has 0 saturated carbocycles. The maximum absolute atomic E-state index is 11.9. The van der Waals surface area contributed by atoms with E-state index in [1.165, 1.54) is 0 Å². The van der Waals surface area contributed by atoms with Crippen molar-refractivity contribution in [3.05, 3.63) is 0 Å². The Labute approximate surface area is 117 Å². The average Bonchev–Trinajstić information content (AvgIpc) is 2.34. The van der Waals surface area contributed by atoms with Crippen LogP contribution in [0.25, 0.3) is 0 Å². The molecule has 1 aliphatic heterocycles. The van der Waals surface area contributed by atoms with Crippen LogP contribution in [-0.2, 0) is 9.53 Å². The smallest absolute Gasteiger partial charge is 0.248 e. The van der Waals surface area contributed by atoms with E-state index in [1.54, 1.807) is 0 Å². The summed E-state index contributed by atoms with van der Waals surface area (Å²) in [7, 11) is 0. The van der Waals surface area contributed by atoms with Crippen molar-refractivity contribution in [3.63, 3.8) is 0 Å². The van der Waals surface area contributed by atoms with Crippen LogP contribution in [0.1, 0.15) is 39.5 Å². The molecule has 2 unspecified atom stereocenters. The number of nitrogens with two attached hydrogens (primary N) is 1. The number of piperidine rings is 1. The lowest BCUT2D eigenvalue weighted by molar-refractivity contribution is -0.138. The van der Waals surface area contributed by atoms with E-state index >= 15 is 0 Å². The average molecular weight is 279 g/mol. The third kappa shape index (κ3) is 6.03. The van der Waals surface area contributed by atoms with Crippen molar-refractivity contribution in [1.82, 2.24) is 4.90 Å². The molecule has 0 radical (unpaired) electrons. The van der Waals surface area contributed by atoms with Crippen LogP contribution in [0.5, 0.6) is 0 Å². The van der Waals surface area contributed by atoms with Gasteiger partial charge in [0.05, 0.1) is 0 Å². The molecule has 4 nitrogen and oxygen atoms in total. The minimum atomic E-state index is 0. The predicted molar refractivity (Wildman–Crippen MR) is 75.9 cm³/mol. The van der Waals surface area contributed by atoms with Crippen LogP contribution in [-0.4, -0.2) is 43.2 Å². The largest absolute Gasteiger partial charge is 0.372 e. The molecule has 2 atom stereocenters. The molecule has 5 heteroatoms. The number of carbonyl (C=O) groups is 1. The van der Waals surface area contributed by atoms with Crippen molar-refractivity contribution in [1.29, 1.82) is 0 Å². The van der Waals surface area contributed by atoms with Gasteiger partial charge in [0.25, 0.3) is 0 Å². The summed E-state index contributed by atoms with van der Waals surface area (Å²) in [5, 5.41) is 0. The summed E-state index contributed by atoms with van der Waals surface area (Å²) in [5.74, 6) is 0.565. The Bertz CT molecular complexity index is 237. The van der Waals surface area contributed by atoms with Gasteiger partial charge < -0.3 is 15.4 Å². The number of ether oxygens (including phenoxy) is 1. The van der Waals surface area contributed by atoms with E-state index in [1.807, 2.05) is 11.8 Å². The first-order valence-electron chi connectivity index (χ1n) is 6.76. The molecule has 1 amide bonds. The maximum atomic E-state index is 11.9. The normalized spacial score (nSPS) is 21.3. The quantitative estimate of drug-likeness (QED) is 0.754. The molecule has 0 aliphatic carbocycles. The molecule has 1 heterocycles. The number of halogens is 1. The summed E-state index contributed by atoms with van der Waals surface area (Å²) < 4.78 is 5.36. The fourth-order valence-electron chi connectivity index (χ4n) is 2.16. The van der Waals surface area contributed by atoms with Crippen LogP contribution in [0.4, 0.5) is 0 Å². The molecule has 1 aliphatic rings. The van der Waals surface area contributed by atoms with Gasteiger partial charge in [0, 0.05) is 25.7 Å². The number of carbonyl (C=O) groups excluding carboxylic acids is 1. The van der Waals surface area contributed by atoms with E-state index in [2.05, 4.69) is 6.92 Å². The first kappa shape index (κ1) is 17.7. The van der Waals surface area contributed by atoms with Gasteiger partial charge in [-0.2, -0.15) is 0 Å². The first-order valence-corrected chi connectivity index (χ1v) is 6.76. The zero-order valence-electron chi connectivity index (χ0n) is 11.6. The number of likely N-dealkylation sites (tertiary alicyclic amines) is 1. The van der Waals surface area contributed by atoms with E-state index in [0.717, 1.165) is 38.8 Å². The van der Waals surface area contributed by atoms with Crippen LogP contribution >= 0.6 is 12.4 Å². The molecule has 1 rings (SSSR count). The zero-order valence-corrected chi connectivity index (χ0v) is 12.4. The maximum Gasteiger partial charge on any atom is 0.248 e. The predicted octanol–water partition coefficient (Wildman–Crippen LogP) is 1.81. The Hall–Kier alpha value is -0.320. The molecule has 18 heavy (non-hydrogen) atoms. The second-order valence-electron chi connectivity index (χ2n) is 5.01. The fraction of sp³-hybridized carbons (Fsp3) is 0.923. The standard InChI is InChI=1S/C13H26N2O2.ClH/c1-3-4-8-17-10-13(16)15-7-5-6-12(9-15)11(2)14;/h11-12H,3-10,14H2,1-2H3;1H. The van der Waals surface area contributed by atoms with Crippen LogP contribution in [0.15, 0.2) is 0 Å². The lowest BCUT2D eigenvalue weighted by Gasteiger charge is -2.34. The zero-order chi connectivity index (χ0) is 12.7. The number of rotatable bonds is 6. The van der Waals surface area contributed by atoms with Crippen LogP contribution in [0, 0.1) is 5.92 Å². The van der Waals surface area contributed by atoms with Gasteiger partial charge in [-0.1, -0.05) is 13.3 Å². The molecule has 0 aromatic rings. The number of unbranched alkanes of at least 4 members (excludes halogenated alkanes) is 1. The van der Waals surface area contributed by atoms with Crippen LogP contribution in [0.3, 0.4) is 0 Å². The molecule has 0 aromatic carbocycles. The van der Waals surface area contributed by atoms with Crippen molar-refractivity contribution in [3.8, 4) is 0 Å². The Morgan fingerprint density at radius 2 is 2.28 bits per heavy atom. The van der Waals surface area contributed by atoms with E-state index in [0.29, 0.717) is 12.5 Å². The van der Waals surface area contributed by atoms with Gasteiger partial charge in [0.15, 0.2) is 0 Å². The van der Waals surface area contributed by atoms with Gasteiger partial charge in [-0.3, -0.25) is 4.79 Å². The minimum Gasteiger partial charge on any atom is -0.372 e. The number of nitrogens with zero attached hydrogens (tertiary/aromatic N) is 1. The van der Waals surface area contributed by atoms with Gasteiger partial charge in [0.2, 0.25) is 5.91 Å². The Balaban J connectivity index is 0.00000289. The number of hydrogen-bond acceptors (Lipinski definition) is 3. The highest BCUT2D eigenvalue weighted by Crippen LogP contribution is 2.18. The highest BCUT2D eigenvalue weighted by Gasteiger charge is 2.25. The fourth-order valence-corrected chi connectivity index (χ4v) is 2.16. The number of amides is 1. The third-order valence-electron chi connectivity index (χ3n) is 3.42. The molecule has 108 valence electrons. The second-order valence-corrected chi connectivity index (χ2v) is 5.01. The molecule has 0 aromatic heterocycles. The van der Waals surface area contributed by atoms with Crippen molar-refractivity contribution < 1.29 is 9.53 Å².